The molecule has 188 valence electrons. The molecule has 0 saturated carbocycles. The molecule has 1 amide bonds. The molecule has 3 rings (SSSR count). The second kappa shape index (κ2) is 10.5. The van der Waals surface area contributed by atoms with Crippen LogP contribution in [0.4, 0.5) is 5.82 Å². The van der Waals surface area contributed by atoms with Gasteiger partial charge >= 0.3 is 0 Å². The van der Waals surface area contributed by atoms with Crippen LogP contribution in [0.25, 0.3) is 0 Å². The molecule has 8 heteroatoms. The number of carbonyl (C=O) groups excluding carboxylic acids is 2. The topological polar surface area (TPSA) is 109 Å². The molecule has 0 aliphatic heterocycles. The molecule has 1 aliphatic carbocycles. The summed E-state index contributed by atoms with van der Waals surface area (Å²) in [6, 6.07) is 6.01. The van der Waals surface area contributed by atoms with E-state index in [2.05, 4.69) is 43.7 Å². The largest absolute Gasteiger partial charge is 0.396 e. The number of aliphatic hydroxyl groups is 1. The van der Waals surface area contributed by atoms with E-state index in [9.17, 15) is 14.7 Å². The monoisotopic (exact) mass is 496 g/mol. The zero-order valence-corrected chi connectivity index (χ0v) is 22.3. The Morgan fingerprint density at radius 2 is 1.86 bits per heavy atom. The number of hydrogen-bond donors (Lipinski definition) is 2. The Morgan fingerprint density at radius 1 is 1.20 bits per heavy atom. The summed E-state index contributed by atoms with van der Waals surface area (Å²) in [5, 5.41) is 9.55. The minimum absolute atomic E-state index is 0.00412. The molecule has 1 heterocycles. The summed E-state index contributed by atoms with van der Waals surface area (Å²) in [6.45, 7) is 12.5. The van der Waals surface area contributed by atoms with Crippen LogP contribution in [0.15, 0.2) is 35.0 Å². The normalized spacial score (nSPS) is 16.8. The first-order chi connectivity index (χ1) is 16.4. The highest BCUT2D eigenvalue weighted by atomic mass is 32.2. The average Bonchev–Trinajstić information content (AvgIpc) is 2.80. The molecular weight excluding hydrogens is 460 g/mol. The van der Waals surface area contributed by atoms with E-state index in [1.165, 1.54) is 16.0 Å². The van der Waals surface area contributed by atoms with Crippen molar-refractivity contribution in [3.8, 4) is 0 Å². The summed E-state index contributed by atoms with van der Waals surface area (Å²) in [6.07, 6.45) is 4.72. The van der Waals surface area contributed by atoms with E-state index in [0.717, 1.165) is 24.6 Å². The first kappa shape index (κ1) is 26.9. The number of thioether (sulfide) groups is 1. The third-order valence-corrected chi connectivity index (χ3v) is 8.13. The number of anilines is 1. The number of carbonyl (C=O) groups is 2. The minimum atomic E-state index is -0.138. The lowest BCUT2D eigenvalue weighted by molar-refractivity contribution is -0.116. The van der Waals surface area contributed by atoms with Crippen LogP contribution >= 0.6 is 11.8 Å². The molecule has 0 radical (unpaired) electrons. The fourth-order valence-corrected chi connectivity index (χ4v) is 5.43. The Kier molecular flexibility index (Phi) is 8.07. The maximum Gasteiger partial charge on any atom is 0.223 e. The number of benzene rings is 1. The van der Waals surface area contributed by atoms with Crippen LogP contribution in [-0.4, -0.2) is 38.1 Å². The van der Waals surface area contributed by atoms with E-state index in [4.69, 9.17) is 5.73 Å². The van der Waals surface area contributed by atoms with Crippen LogP contribution in [0, 0.1) is 6.92 Å². The van der Waals surface area contributed by atoms with Crippen molar-refractivity contribution in [3.63, 3.8) is 0 Å². The lowest BCUT2D eigenvalue weighted by Gasteiger charge is -2.42. The van der Waals surface area contributed by atoms with Crippen molar-refractivity contribution in [2.75, 3.05) is 12.3 Å². The SMILES string of the molecule is C/C(=C(\CCO)SC(=O)c1ccc2c(c1)C(C)(C)CCC2(C)C)N(C=O)Cc1cnc(C)nc1N. The van der Waals surface area contributed by atoms with Gasteiger partial charge in [-0.25, -0.2) is 9.97 Å². The number of aromatic nitrogens is 2. The predicted molar refractivity (Wildman–Crippen MR) is 141 cm³/mol. The predicted octanol–water partition coefficient (Wildman–Crippen LogP) is 4.86. The minimum Gasteiger partial charge on any atom is -0.396 e. The summed E-state index contributed by atoms with van der Waals surface area (Å²) in [7, 11) is 0. The van der Waals surface area contributed by atoms with Gasteiger partial charge in [-0.15, -0.1) is 0 Å². The number of aryl methyl sites for hydroxylation is 1. The van der Waals surface area contributed by atoms with Gasteiger partial charge in [0.05, 0.1) is 6.54 Å². The number of fused-ring (bicyclic) bond motifs is 1. The van der Waals surface area contributed by atoms with Crippen LogP contribution < -0.4 is 5.73 Å². The van der Waals surface area contributed by atoms with E-state index in [0.29, 0.717) is 39.8 Å². The van der Waals surface area contributed by atoms with Gasteiger partial charge in [0.25, 0.3) is 0 Å². The first-order valence-electron chi connectivity index (χ1n) is 11.9. The number of nitrogens with two attached hydrogens (primary N) is 1. The molecule has 1 aliphatic rings. The summed E-state index contributed by atoms with van der Waals surface area (Å²) in [4.78, 5) is 35.7. The molecule has 2 aromatic rings. The summed E-state index contributed by atoms with van der Waals surface area (Å²) in [5.41, 5.74) is 10.4. The van der Waals surface area contributed by atoms with E-state index in [1.54, 1.807) is 20.0 Å². The van der Waals surface area contributed by atoms with E-state index >= 15 is 0 Å². The molecule has 3 N–H and O–H groups in total. The fourth-order valence-electron chi connectivity index (χ4n) is 4.51. The number of allylic oxidation sites excluding steroid dienone is 1. The van der Waals surface area contributed by atoms with Crippen LogP contribution in [0.3, 0.4) is 0 Å². The van der Waals surface area contributed by atoms with Crippen molar-refractivity contribution in [1.82, 2.24) is 14.9 Å². The third kappa shape index (κ3) is 5.93. The van der Waals surface area contributed by atoms with Gasteiger partial charge in [0, 0.05) is 41.0 Å². The van der Waals surface area contributed by atoms with Gasteiger partial charge in [-0.3, -0.25) is 9.59 Å². The van der Waals surface area contributed by atoms with Crippen LogP contribution in [0.1, 0.15) is 86.8 Å². The Labute approximate surface area is 212 Å². The summed E-state index contributed by atoms with van der Waals surface area (Å²) < 4.78 is 0. The molecule has 7 nitrogen and oxygen atoms in total. The molecule has 0 unspecified atom stereocenters. The molecule has 0 bridgehead atoms. The molecule has 0 spiro atoms. The average molecular weight is 497 g/mol. The first-order valence-corrected chi connectivity index (χ1v) is 12.7. The number of aliphatic hydroxyl groups excluding tert-OH is 1. The number of nitrogen functional groups attached to an aromatic ring is 1. The highest BCUT2D eigenvalue weighted by Crippen LogP contribution is 2.46. The zero-order valence-electron chi connectivity index (χ0n) is 21.5. The fraction of sp³-hybridized carbons (Fsp3) is 0.481. The molecular formula is C27H36N4O3S. The van der Waals surface area contributed by atoms with Gasteiger partial charge in [0.15, 0.2) is 0 Å². The highest BCUT2D eigenvalue weighted by molar-refractivity contribution is 8.17. The smallest absolute Gasteiger partial charge is 0.223 e. The molecule has 1 aromatic heterocycles. The maximum atomic E-state index is 13.4. The Bertz CT molecular complexity index is 1160. The Morgan fingerprint density at radius 3 is 2.46 bits per heavy atom. The molecule has 0 saturated heterocycles. The number of hydrogen-bond acceptors (Lipinski definition) is 7. The molecule has 0 atom stereocenters. The second-order valence-electron chi connectivity index (χ2n) is 10.5. The van der Waals surface area contributed by atoms with Gasteiger partial charge in [0.1, 0.15) is 11.6 Å². The van der Waals surface area contributed by atoms with Gasteiger partial charge in [-0.05, 0) is 66.5 Å². The van der Waals surface area contributed by atoms with E-state index < -0.39 is 0 Å². The third-order valence-electron chi connectivity index (χ3n) is 6.96. The summed E-state index contributed by atoms with van der Waals surface area (Å²) >= 11 is 1.06. The van der Waals surface area contributed by atoms with Crippen molar-refractivity contribution in [1.29, 1.82) is 0 Å². The quantitative estimate of drug-likeness (QED) is 0.502. The van der Waals surface area contributed by atoms with Crippen LogP contribution in [0.2, 0.25) is 0 Å². The maximum absolute atomic E-state index is 13.4. The lowest BCUT2D eigenvalue weighted by atomic mass is 9.63. The van der Waals surface area contributed by atoms with E-state index in [-0.39, 0.29) is 35.5 Å². The van der Waals surface area contributed by atoms with Gasteiger partial charge in [-0.2, -0.15) is 0 Å². The highest BCUT2D eigenvalue weighted by Gasteiger charge is 2.37. The lowest BCUT2D eigenvalue weighted by Crippen LogP contribution is -2.34. The Hall–Kier alpha value is -2.71. The van der Waals surface area contributed by atoms with Gasteiger partial charge < -0.3 is 15.7 Å². The molecule has 1 aromatic carbocycles. The van der Waals surface area contributed by atoms with Crippen molar-refractivity contribution >= 4 is 29.1 Å². The van der Waals surface area contributed by atoms with Crippen LogP contribution in [-0.2, 0) is 22.2 Å². The van der Waals surface area contributed by atoms with E-state index in [1.807, 2.05) is 12.1 Å². The Balaban J connectivity index is 1.90. The van der Waals surface area contributed by atoms with Crippen molar-refractivity contribution in [2.24, 2.45) is 0 Å². The number of rotatable bonds is 8. The zero-order chi connectivity index (χ0) is 26.0. The van der Waals surface area contributed by atoms with Crippen molar-refractivity contribution in [3.05, 3.63) is 63.1 Å². The number of amides is 1. The molecule has 35 heavy (non-hydrogen) atoms. The van der Waals surface area contributed by atoms with Crippen LogP contribution in [0.5, 0.6) is 0 Å². The second-order valence-corrected chi connectivity index (χ2v) is 11.5. The van der Waals surface area contributed by atoms with Crippen molar-refractivity contribution in [2.45, 2.75) is 78.2 Å². The standard InChI is InChI=1S/C27H36N4O3S/c1-17(31(16-33)15-20-14-29-18(2)30-24(20)28)23(9-12-32)35-25(34)19-7-8-21-22(13-19)27(5,6)11-10-26(21,3)4/h7-8,13-14,16,32H,9-12,15H2,1-6H3,(H2,28,29,30)/b23-17-. The van der Waals surface area contributed by atoms with Crippen molar-refractivity contribution < 1.29 is 14.7 Å². The number of nitrogens with zero attached hydrogens (tertiary/aromatic N) is 3. The summed E-state index contributed by atoms with van der Waals surface area (Å²) in [5.74, 6) is 0.860. The molecule has 0 fully saturated rings. The van der Waals surface area contributed by atoms with Gasteiger partial charge in [0.2, 0.25) is 11.5 Å². The van der Waals surface area contributed by atoms with Gasteiger partial charge in [-0.1, -0.05) is 39.8 Å².